The van der Waals surface area contributed by atoms with E-state index < -0.39 is 0 Å². The molecule has 0 aliphatic rings. The number of para-hydroxylation sites is 1. The zero-order valence-corrected chi connectivity index (χ0v) is 17.9. The Balaban J connectivity index is 1.48. The van der Waals surface area contributed by atoms with Gasteiger partial charge in [0, 0.05) is 41.4 Å². The summed E-state index contributed by atoms with van der Waals surface area (Å²) in [7, 11) is 0. The maximum atomic E-state index is 13.5. The molecule has 0 aliphatic heterocycles. The fourth-order valence-corrected chi connectivity index (χ4v) is 3.86. The van der Waals surface area contributed by atoms with Crippen LogP contribution in [0.25, 0.3) is 10.9 Å². The number of rotatable bonds is 10. The molecule has 0 radical (unpaired) electrons. The topological polar surface area (TPSA) is 56.9 Å². The summed E-state index contributed by atoms with van der Waals surface area (Å²) in [4.78, 5) is 16.7. The van der Waals surface area contributed by atoms with Crippen LogP contribution in [0.3, 0.4) is 0 Å². The second kappa shape index (κ2) is 10.1. The van der Waals surface area contributed by atoms with Crippen LogP contribution in [0.4, 0.5) is 5.69 Å². The zero-order chi connectivity index (χ0) is 21.5. The predicted molar refractivity (Wildman–Crippen MR) is 129 cm³/mol. The molecule has 0 fully saturated rings. The number of ketones is 1. The second-order valence-corrected chi connectivity index (χ2v) is 7.78. The Morgan fingerprint density at radius 1 is 0.903 bits per heavy atom. The molecular weight excluding hydrogens is 382 g/mol. The van der Waals surface area contributed by atoms with Crippen LogP contribution in [0.1, 0.15) is 40.9 Å². The summed E-state index contributed by atoms with van der Waals surface area (Å²) >= 11 is 0. The third-order valence-electron chi connectivity index (χ3n) is 5.54. The molecule has 3 N–H and O–H groups in total. The highest BCUT2D eigenvalue weighted by Gasteiger charge is 2.23. The first-order valence-corrected chi connectivity index (χ1v) is 11.0. The van der Waals surface area contributed by atoms with E-state index in [1.54, 1.807) is 0 Å². The quantitative estimate of drug-likeness (QED) is 0.291. The average molecular weight is 412 g/mol. The Bertz CT molecular complexity index is 1120. The molecule has 4 rings (SSSR count). The molecule has 158 valence electrons. The maximum Gasteiger partial charge on any atom is 0.186 e. The van der Waals surface area contributed by atoms with Crippen molar-refractivity contribution in [2.45, 2.75) is 25.8 Å². The molecular formula is C27H29N3O. The number of Topliss-reactive ketones (excluding diaryl/α,β-unsaturated/α-hetero) is 1. The Labute approximate surface area is 183 Å². The zero-order valence-electron chi connectivity index (χ0n) is 17.9. The van der Waals surface area contributed by atoms with Crippen LogP contribution in [0.5, 0.6) is 0 Å². The van der Waals surface area contributed by atoms with E-state index in [2.05, 4.69) is 46.8 Å². The largest absolute Gasteiger partial charge is 0.385 e. The van der Waals surface area contributed by atoms with Gasteiger partial charge in [-0.2, -0.15) is 0 Å². The smallest absolute Gasteiger partial charge is 0.186 e. The highest BCUT2D eigenvalue weighted by atomic mass is 16.1. The lowest BCUT2D eigenvalue weighted by Gasteiger charge is -2.18. The number of H-pyrrole nitrogens is 1. The number of nitrogens with one attached hydrogen (secondary N) is 3. The van der Waals surface area contributed by atoms with E-state index >= 15 is 0 Å². The van der Waals surface area contributed by atoms with Crippen molar-refractivity contribution in [3.05, 3.63) is 102 Å². The molecule has 3 aromatic carbocycles. The molecule has 0 saturated carbocycles. The van der Waals surface area contributed by atoms with Crippen molar-refractivity contribution in [1.29, 1.82) is 0 Å². The SMILES string of the molecule is CCCNc1ccc(CCN[C@@H](C(=O)c2c[nH]c3ccccc23)c2ccccc2)cc1. The highest BCUT2D eigenvalue weighted by molar-refractivity contribution is 6.10. The molecule has 0 unspecified atom stereocenters. The summed E-state index contributed by atoms with van der Waals surface area (Å²) in [6, 6.07) is 26.1. The van der Waals surface area contributed by atoms with Crippen molar-refractivity contribution >= 4 is 22.4 Å². The van der Waals surface area contributed by atoms with E-state index in [9.17, 15) is 4.79 Å². The summed E-state index contributed by atoms with van der Waals surface area (Å²) in [5.74, 6) is 0.0859. The fourth-order valence-electron chi connectivity index (χ4n) is 3.86. The van der Waals surface area contributed by atoms with Gasteiger partial charge in [-0.25, -0.2) is 0 Å². The van der Waals surface area contributed by atoms with Crippen molar-refractivity contribution in [2.24, 2.45) is 0 Å². The number of carbonyl (C=O) groups excluding carboxylic acids is 1. The number of hydrogen-bond acceptors (Lipinski definition) is 3. The number of anilines is 1. The van der Waals surface area contributed by atoms with Crippen LogP contribution < -0.4 is 10.6 Å². The minimum Gasteiger partial charge on any atom is -0.385 e. The minimum atomic E-state index is -0.383. The van der Waals surface area contributed by atoms with Gasteiger partial charge in [0.15, 0.2) is 5.78 Å². The van der Waals surface area contributed by atoms with E-state index in [4.69, 9.17) is 0 Å². The Kier molecular flexibility index (Phi) is 6.80. The van der Waals surface area contributed by atoms with E-state index in [-0.39, 0.29) is 11.8 Å². The van der Waals surface area contributed by atoms with Gasteiger partial charge < -0.3 is 15.6 Å². The van der Waals surface area contributed by atoms with Crippen LogP contribution in [-0.2, 0) is 6.42 Å². The number of benzene rings is 3. The summed E-state index contributed by atoms with van der Waals surface area (Å²) in [6.07, 6.45) is 3.79. The second-order valence-electron chi connectivity index (χ2n) is 7.78. The lowest BCUT2D eigenvalue weighted by molar-refractivity contribution is 0.0945. The first-order chi connectivity index (χ1) is 15.3. The molecule has 4 nitrogen and oxygen atoms in total. The molecule has 1 atom stereocenters. The van der Waals surface area contributed by atoms with Crippen molar-refractivity contribution in [3.63, 3.8) is 0 Å². The van der Waals surface area contributed by atoms with Crippen LogP contribution in [0, 0.1) is 0 Å². The van der Waals surface area contributed by atoms with Gasteiger partial charge >= 0.3 is 0 Å². The fraction of sp³-hybridized carbons (Fsp3) is 0.222. The molecule has 4 heteroatoms. The van der Waals surface area contributed by atoms with Gasteiger partial charge in [0.05, 0.1) is 6.04 Å². The van der Waals surface area contributed by atoms with Crippen LogP contribution in [0.2, 0.25) is 0 Å². The molecule has 31 heavy (non-hydrogen) atoms. The Morgan fingerprint density at radius 2 is 1.65 bits per heavy atom. The molecule has 1 heterocycles. The number of aromatic amines is 1. The summed E-state index contributed by atoms with van der Waals surface area (Å²) in [5.41, 5.74) is 5.09. The number of carbonyl (C=O) groups is 1. The summed E-state index contributed by atoms with van der Waals surface area (Å²) in [5, 5.41) is 7.87. The van der Waals surface area contributed by atoms with Gasteiger partial charge in [-0.05, 0) is 42.2 Å². The molecule has 0 saturated heterocycles. The molecule has 0 spiro atoms. The van der Waals surface area contributed by atoms with E-state index in [0.717, 1.165) is 53.6 Å². The lowest BCUT2D eigenvalue weighted by atomic mass is 9.96. The average Bonchev–Trinajstić information content (AvgIpc) is 3.26. The number of aromatic nitrogens is 1. The van der Waals surface area contributed by atoms with Crippen LogP contribution in [-0.4, -0.2) is 23.9 Å². The summed E-state index contributed by atoms with van der Waals surface area (Å²) < 4.78 is 0. The van der Waals surface area contributed by atoms with Gasteiger partial charge in [-0.3, -0.25) is 4.79 Å². The monoisotopic (exact) mass is 411 g/mol. The van der Waals surface area contributed by atoms with Crippen LogP contribution in [0.15, 0.2) is 85.1 Å². The molecule has 1 aromatic heterocycles. The number of hydrogen-bond donors (Lipinski definition) is 3. The van der Waals surface area contributed by atoms with Crippen LogP contribution >= 0.6 is 0 Å². The Hall–Kier alpha value is -3.37. The lowest BCUT2D eigenvalue weighted by Crippen LogP contribution is -2.30. The van der Waals surface area contributed by atoms with Crippen molar-refractivity contribution < 1.29 is 4.79 Å². The third kappa shape index (κ3) is 5.04. The first kappa shape index (κ1) is 20.9. The van der Waals surface area contributed by atoms with E-state index in [1.165, 1.54) is 5.56 Å². The van der Waals surface area contributed by atoms with E-state index in [1.807, 2.05) is 60.8 Å². The molecule has 0 aliphatic carbocycles. The van der Waals surface area contributed by atoms with Gasteiger partial charge in [0.25, 0.3) is 0 Å². The number of fused-ring (bicyclic) bond motifs is 1. The van der Waals surface area contributed by atoms with Gasteiger partial charge in [0.1, 0.15) is 0 Å². The molecule has 0 bridgehead atoms. The van der Waals surface area contributed by atoms with Gasteiger partial charge in [0.2, 0.25) is 0 Å². The van der Waals surface area contributed by atoms with Crippen molar-refractivity contribution in [3.8, 4) is 0 Å². The normalized spacial score (nSPS) is 12.0. The third-order valence-corrected chi connectivity index (χ3v) is 5.54. The predicted octanol–water partition coefficient (Wildman–Crippen LogP) is 5.75. The maximum absolute atomic E-state index is 13.5. The first-order valence-electron chi connectivity index (χ1n) is 11.0. The van der Waals surface area contributed by atoms with Gasteiger partial charge in [-0.1, -0.05) is 67.6 Å². The molecule has 4 aromatic rings. The van der Waals surface area contributed by atoms with E-state index in [0.29, 0.717) is 0 Å². The van der Waals surface area contributed by atoms with Gasteiger partial charge in [-0.15, -0.1) is 0 Å². The van der Waals surface area contributed by atoms with Crippen molar-refractivity contribution in [1.82, 2.24) is 10.3 Å². The summed E-state index contributed by atoms with van der Waals surface area (Å²) in [6.45, 7) is 3.86. The van der Waals surface area contributed by atoms with Crippen molar-refractivity contribution in [2.75, 3.05) is 18.4 Å². The molecule has 0 amide bonds. The Morgan fingerprint density at radius 3 is 2.42 bits per heavy atom. The highest BCUT2D eigenvalue weighted by Crippen LogP contribution is 2.24. The minimum absolute atomic E-state index is 0.0859. The standard InChI is InChI=1S/C27H29N3O/c1-2-17-28-22-14-12-20(13-15-22)16-18-29-26(21-8-4-3-5-9-21)27(31)24-19-30-25-11-7-6-10-23(24)25/h3-15,19,26,28-30H,2,16-18H2,1H3/t26-/m1/s1.